The van der Waals surface area contributed by atoms with Crippen molar-refractivity contribution in [2.45, 2.75) is 50.8 Å². The van der Waals surface area contributed by atoms with Gasteiger partial charge in [-0.25, -0.2) is 4.39 Å². The van der Waals surface area contributed by atoms with Crippen molar-refractivity contribution < 1.29 is 13.9 Å². The monoisotopic (exact) mass is 465 g/mol. The summed E-state index contributed by atoms with van der Waals surface area (Å²) in [6, 6.07) is 5.33. The number of fused-ring (bicyclic) bond motifs is 1. The van der Waals surface area contributed by atoms with Crippen LogP contribution in [0.5, 0.6) is 0 Å². The van der Waals surface area contributed by atoms with Gasteiger partial charge < -0.3 is 15.4 Å². The maximum atomic E-state index is 15.3. The van der Waals surface area contributed by atoms with Crippen LogP contribution in [0.3, 0.4) is 0 Å². The van der Waals surface area contributed by atoms with Crippen molar-refractivity contribution >= 4 is 38.3 Å². The lowest BCUT2D eigenvalue weighted by Crippen LogP contribution is -2.47. The van der Waals surface area contributed by atoms with E-state index in [0.29, 0.717) is 47.2 Å². The van der Waals surface area contributed by atoms with Crippen molar-refractivity contribution in [1.82, 2.24) is 9.88 Å². The number of anilines is 1. The second kappa shape index (κ2) is 8.66. The molecular formula is C22H29BrFN3O2. The molecule has 0 radical (unpaired) electrons. The average molecular weight is 466 g/mol. The summed E-state index contributed by atoms with van der Waals surface area (Å²) in [7, 11) is 1.70. The molecule has 2 heterocycles. The maximum Gasteiger partial charge on any atom is 0.165 e. The molecule has 0 unspecified atom stereocenters. The van der Waals surface area contributed by atoms with Crippen LogP contribution in [0.15, 0.2) is 28.9 Å². The number of Topliss-reactive ketones (excluding diaryl/α,β-unsaturated/α-hetero) is 1. The Morgan fingerprint density at radius 1 is 1.41 bits per heavy atom. The van der Waals surface area contributed by atoms with Crippen LogP contribution in [-0.2, 0) is 4.74 Å². The third-order valence-electron chi connectivity index (χ3n) is 5.89. The van der Waals surface area contributed by atoms with Gasteiger partial charge in [0.15, 0.2) is 5.78 Å². The minimum absolute atomic E-state index is 0.102. The number of methoxy groups -OCH3 is 1. The van der Waals surface area contributed by atoms with Crippen LogP contribution in [0.1, 0.15) is 49.9 Å². The molecule has 1 aliphatic rings. The second-order valence-electron chi connectivity index (χ2n) is 8.53. The predicted molar refractivity (Wildman–Crippen MR) is 118 cm³/mol. The number of carbonyl (C=O) groups is 1. The lowest BCUT2D eigenvalue weighted by Gasteiger charge is -2.39. The van der Waals surface area contributed by atoms with E-state index in [4.69, 9.17) is 10.5 Å². The van der Waals surface area contributed by atoms with Crippen molar-refractivity contribution in [1.29, 1.82) is 0 Å². The topological polar surface area (TPSA) is 68.5 Å². The number of piperidine rings is 1. The van der Waals surface area contributed by atoms with Gasteiger partial charge in [-0.1, -0.05) is 0 Å². The number of aromatic nitrogens is 1. The molecule has 158 valence electrons. The number of nitrogens with two attached hydrogens (primary N) is 1. The molecule has 1 aliphatic heterocycles. The predicted octanol–water partition coefficient (Wildman–Crippen LogP) is 4.77. The highest BCUT2D eigenvalue weighted by atomic mass is 79.9. The van der Waals surface area contributed by atoms with E-state index in [1.807, 2.05) is 19.9 Å². The first-order chi connectivity index (χ1) is 13.6. The standard InChI is InChI=1S/C22H29BrFN3O2/c1-21(2,29-3)14-27-11-8-22(24,9-12-27)7-6-18(28)16-13-17(23)19(25)15-5-4-10-26-20(15)16/h4-5,10,13H,6-9,11-12,14,25H2,1-3H3. The Kier molecular flexibility index (Phi) is 6.61. The lowest BCUT2D eigenvalue weighted by atomic mass is 9.86. The quantitative estimate of drug-likeness (QED) is 0.470. The summed E-state index contributed by atoms with van der Waals surface area (Å²) in [4.78, 5) is 19.5. The van der Waals surface area contributed by atoms with E-state index in [1.54, 1.807) is 25.4 Å². The molecular weight excluding hydrogens is 437 g/mol. The minimum atomic E-state index is -1.31. The number of nitrogens with zero attached hydrogens (tertiary/aromatic N) is 2. The second-order valence-corrected chi connectivity index (χ2v) is 9.39. The minimum Gasteiger partial charge on any atom is -0.397 e. The van der Waals surface area contributed by atoms with Gasteiger partial charge in [-0.2, -0.15) is 0 Å². The smallest absolute Gasteiger partial charge is 0.165 e. The van der Waals surface area contributed by atoms with E-state index in [-0.39, 0.29) is 24.2 Å². The van der Waals surface area contributed by atoms with Crippen molar-refractivity contribution in [3.8, 4) is 0 Å². The molecule has 2 N–H and O–H groups in total. The molecule has 29 heavy (non-hydrogen) atoms. The Hall–Kier alpha value is -1.57. The van der Waals surface area contributed by atoms with Gasteiger partial charge in [-0.3, -0.25) is 9.78 Å². The first kappa shape index (κ1) is 22.1. The fraction of sp³-hybridized carbons (Fsp3) is 0.545. The van der Waals surface area contributed by atoms with Crippen LogP contribution in [0, 0.1) is 0 Å². The van der Waals surface area contributed by atoms with Gasteiger partial charge in [0.1, 0.15) is 5.67 Å². The van der Waals surface area contributed by atoms with Gasteiger partial charge in [-0.15, -0.1) is 0 Å². The number of likely N-dealkylation sites (tertiary alicyclic amines) is 1. The van der Waals surface area contributed by atoms with Crippen LogP contribution in [0.25, 0.3) is 10.9 Å². The number of nitrogen functional groups attached to an aromatic ring is 1. The molecule has 0 spiro atoms. The fourth-order valence-corrected chi connectivity index (χ4v) is 4.33. The third-order valence-corrected chi connectivity index (χ3v) is 6.55. The first-order valence-corrected chi connectivity index (χ1v) is 10.8. The highest BCUT2D eigenvalue weighted by Crippen LogP contribution is 2.35. The summed E-state index contributed by atoms with van der Waals surface area (Å²) >= 11 is 3.42. The van der Waals surface area contributed by atoms with Crippen molar-refractivity contribution in [3.05, 3.63) is 34.4 Å². The van der Waals surface area contributed by atoms with Gasteiger partial charge in [0.05, 0.1) is 16.8 Å². The highest BCUT2D eigenvalue weighted by Gasteiger charge is 2.36. The Balaban J connectivity index is 1.65. The summed E-state index contributed by atoms with van der Waals surface area (Å²) in [5.74, 6) is -0.102. The molecule has 3 rings (SSSR count). The summed E-state index contributed by atoms with van der Waals surface area (Å²) in [6.07, 6.45) is 2.89. The van der Waals surface area contributed by atoms with Crippen LogP contribution in [-0.4, -0.2) is 53.7 Å². The van der Waals surface area contributed by atoms with Gasteiger partial charge in [0.2, 0.25) is 0 Å². The number of alkyl halides is 1. The Morgan fingerprint density at radius 3 is 2.76 bits per heavy atom. The molecule has 1 saturated heterocycles. The van der Waals surface area contributed by atoms with Crippen LogP contribution >= 0.6 is 15.9 Å². The van der Waals surface area contributed by atoms with Crippen LogP contribution < -0.4 is 5.73 Å². The number of hydrogen-bond acceptors (Lipinski definition) is 5. The largest absolute Gasteiger partial charge is 0.397 e. The van der Waals surface area contributed by atoms with E-state index >= 15 is 4.39 Å². The molecule has 0 saturated carbocycles. The Labute approximate surface area is 179 Å². The van der Waals surface area contributed by atoms with Crippen molar-refractivity contribution in [2.75, 3.05) is 32.5 Å². The number of rotatable bonds is 7. The summed E-state index contributed by atoms with van der Waals surface area (Å²) < 4.78 is 21.5. The Morgan fingerprint density at radius 2 is 2.10 bits per heavy atom. The SMILES string of the molecule is COC(C)(C)CN1CCC(F)(CCC(=O)c2cc(Br)c(N)c3cccnc23)CC1. The maximum absolute atomic E-state index is 15.3. The van der Waals surface area contributed by atoms with E-state index < -0.39 is 5.67 Å². The molecule has 0 aliphatic carbocycles. The number of ether oxygens (including phenoxy) is 1. The zero-order valence-electron chi connectivity index (χ0n) is 17.3. The number of ketones is 1. The number of pyridine rings is 1. The summed E-state index contributed by atoms with van der Waals surface area (Å²) in [5, 5.41) is 0.731. The van der Waals surface area contributed by atoms with E-state index in [9.17, 15) is 4.79 Å². The van der Waals surface area contributed by atoms with Gasteiger partial charge in [0, 0.05) is 54.8 Å². The van der Waals surface area contributed by atoms with Crippen LogP contribution in [0.4, 0.5) is 10.1 Å². The molecule has 0 bridgehead atoms. The summed E-state index contributed by atoms with van der Waals surface area (Å²) in [5.41, 5.74) is 6.16. The molecule has 5 nitrogen and oxygen atoms in total. The number of benzene rings is 1. The number of hydrogen-bond donors (Lipinski definition) is 1. The molecule has 0 atom stereocenters. The highest BCUT2D eigenvalue weighted by molar-refractivity contribution is 9.10. The van der Waals surface area contributed by atoms with Gasteiger partial charge >= 0.3 is 0 Å². The molecule has 1 aromatic heterocycles. The van der Waals surface area contributed by atoms with E-state index in [2.05, 4.69) is 25.8 Å². The third kappa shape index (κ3) is 5.13. The number of carbonyl (C=O) groups excluding carboxylic acids is 1. The van der Waals surface area contributed by atoms with Crippen LogP contribution in [0.2, 0.25) is 0 Å². The van der Waals surface area contributed by atoms with Gasteiger partial charge in [-0.05, 0) is 67.2 Å². The van der Waals surface area contributed by atoms with E-state index in [0.717, 1.165) is 11.9 Å². The Bertz CT molecular complexity index is 895. The molecule has 1 fully saturated rings. The molecule has 7 heteroatoms. The lowest BCUT2D eigenvalue weighted by molar-refractivity contribution is -0.0292. The summed E-state index contributed by atoms with van der Waals surface area (Å²) in [6.45, 7) is 6.19. The zero-order valence-corrected chi connectivity index (χ0v) is 18.9. The fourth-order valence-electron chi connectivity index (χ4n) is 3.89. The van der Waals surface area contributed by atoms with Gasteiger partial charge in [0.25, 0.3) is 0 Å². The normalized spacial score (nSPS) is 17.6. The zero-order chi connectivity index (χ0) is 21.2. The average Bonchev–Trinajstić information content (AvgIpc) is 2.71. The molecule has 0 amide bonds. The number of halogens is 2. The van der Waals surface area contributed by atoms with Crippen molar-refractivity contribution in [2.24, 2.45) is 0 Å². The first-order valence-electron chi connectivity index (χ1n) is 9.96. The molecule has 2 aromatic rings. The van der Waals surface area contributed by atoms with Crippen molar-refractivity contribution in [3.63, 3.8) is 0 Å². The van der Waals surface area contributed by atoms with E-state index in [1.165, 1.54) is 0 Å². The molecule has 1 aromatic carbocycles.